The number of hydrogen-bond acceptors (Lipinski definition) is 6. The Morgan fingerprint density at radius 3 is 1.06 bits per heavy atom. The first-order valence-corrected chi connectivity index (χ1v) is 25.8. The van der Waals surface area contributed by atoms with Crippen LogP contribution in [-0.2, 0) is 28.6 Å². The van der Waals surface area contributed by atoms with E-state index in [-0.39, 0.29) is 44.0 Å². The molecule has 0 aliphatic rings. The van der Waals surface area contributed by atoms with Gasteiger partial charge in [-0.05, 0) is 77.0 Å². The van der Waals surface area contributed by atoms with Crippen molar-refractivity contribution in [3.05, 3.63) is 134 Å². The smallest absolute Gasteiger partial charge is 0.306 e. The molecule has 0 saturated carbocycles. The lowest BCUT2D eigenvalue weighted by Gasteiger charge is -2.18. The molecule has 1 unspecified atom stereocenters. The second kappa shape index (κ2) is 52.2. The molecule has 0 heterocycles. The van der Waals surface area contributed by atoms with Gasteiger partial charge in [-0.1, -0.05) is 238 Å². The Bertz CT molecular complexity index is 1450. The van der Waals surface area contributed by atoms with Crippen LogP contribution in [0.5, 0.6) is 0 Å². The predicted molar refractivity (Wildman–Crippen MR) is 279 cm³/mol. The van der Waals surface area contributed by atoms with E-state index in [0.717, 1.165) is 57.8 Å². The van der Waals surface area contributed by atoms with E-state index in [0.29, 0.717) is 19.3 Å². The zero-order valence-corrected chi connectivity index (χ0v) is 41.4. The number of carbonyl (C=O) groups excluding carboxylic acids is 3. The van der Waals surface area contributed by atoms with Crippen molar-refractivity contribution in [2.24, 2.45) is 0 Å². The number of unbranched alkanes of at least 4 members (excludes halogenated alkanes) is 19. The molecule has 364 valence electrons. The third-order valence-electron chi connectivity index (χ3n) is 10.4. The van der Waals surface area contributed by atoms with E-state index < -0.39 is 6.10 Å². The first-order valence-electron chi connectivity index (χ1n) is 25.8. The van der Waals surface area contributed by atoms with Crippen molar-refractivity contribution in [2.45, 2.75) is 207 Å². The minimum atomic E-state index is -0.835. The van der Waals surface area contributed by atoms with E-state index in [1.807, 2.05) is 103 Å². The van der Waals surface area contributed by atoms with Crippen molar-refractivity contribution in [1.29, 1.82) is 0 Å². The van der Waals surface area contributed by atoms with Crippen molar-refractivity contribution in [3.8, 4) is 0 Å². The second-order valence-electron chi connectivity index (χ2n) is 16.6. The molecule has 0 aliphatic heterocycles. The summed E-state index contributed by atoms with van der Waals surface area (Å²) in [5.41, 5.74) is 0. The molecule has 0 saturated heterocycles. The highest BCUT2D eigenvalue weighted by Gasteiger charge is 2.19. The third-order valence-corrected chi connectivity index (χ3v) is 10.4. The number of ether oxygens (including phenoxy) is 3. The van der Waals surface area contributed by atoms with E-state index in [2.05, 4.69) is 51.2 Å². The molecule has 0 fully saturated rings. The molecular weight excluding hydrogens is 805 g/mol. The highest BCUT2D eigenvalue weighted by atomic mass is 16.6. The second-order valence-corrected chi connectivity index (χ2v) is 16.6. The van der Waals surface area contributed by atoms with Gasteiger partial charge in [0.25, 0.3) is 0 Å². The summed E-state index contributed by atoms with van der Waals surface area (Å²) in [6.07, 6.45) is 73.0. The fourth-order valence-corrected chi connectivity index (χ4v) is 6.55. The molecule has 6 nitrogen and oxygen atoms in total. The molecular formula is C59H92O6. The Morgan fingerprint density at radius 2 is 0.631 bits per heavy atom. The molecule has 0 radical (unpaired) electrons. The Hall–Kier alpha value is -4.45. The fourth-order valence-electron chi connectivity index (χ4n) is 6.55. The molecule has 0 bridgehead atoms. The summed E-state index contributed by atoms with van der Waals surface area (Å²) in [5.74, 6) is -1.06. The Kier molecular flexibility index (Phi) is 48.6. The highest BCUT2D eigenvalue weighted by Crippen LogP contribution is 2.13. The Morgan fingerprint density at radius 1 is 0.323 bits per heavy atom. The molecule has 0 aromatic rings. The van der Waals surface area contributed by atoms with Crippen LogP contribution in [0.1, 0.15) is 201 Å². The van der Waals surface area contributed by atoms with Gasteiger partial charge in [-0.2, -0.15) is 0 Å². The van der Waals surface area contributed by atoms with Crippen LogP contribution in [0.3, 0.4) is 0 Å². The summed E-state index contributed by atoms with van der Waals surface area (Å²) in [7, 11) is 0. The Labute approximate surface area is 398 Å². The summed E-state index contributed by atoms with van der Waals surface area (Å²) < 4.78 is 16.7. The SMILES string of the molecule is CC\C=C/C=C\C=C/C=C\C=C/CCCCCC(=O)OC(COC(=O)CCC\C=C/C=C\C=C/C=C\C=C/CC)COC(=O)CCCCCCCCC/C=C\CCCCCCCCCC. The van der Waals surface area contributed by atoms with Gasteiger partial charge >= 0.3 is 17.9 Å². The summed E-state index contributed by atoms with van der Waals surface area (Å²) in [4.78, 5) is 37.9. The molecule has 0 spiro atoms. The van der Waals surface area contributed by atoms with Crippen LogP contribution < -0.4 is 0 Å². The number of rotatable bonds is 44. The number of hydrogen-bond donors (Lipinski definition) is 0. The molecule has 0 amide bonds. The van der Waals surface area contributed by atoms with Crippen LogP contribution in [0.15, 0.2) is 134 Å². The van der Waals surface area contributed by atoms with E-state index in [1.165, 1.54) is 89.9 Å². The molecule has 6 heteroatoms. The largest absolute Gasteiger partial charge is 0.462 e. The normalized spacial score (nSPS) is 13.2. The van der Waals surface area contributed by atoms with Crippen molar-refractivity contribution < 1.29 is 28.6 Å². The minimum absolute atomic E-state index is 0.125. The molecule has 65 heavy (non-hydrogen) atoms. The Balaban J connectivity index is 4.54. The van der Waals surface area contributed by atoms with Gasteiger partial charge in [0, 0.05) is 19.3 Å². The van der Waals surface area contributed by atoms with E-state index in [9.17, 15) is 14.4 Å². The maximum Gasteiger partial charge on any atom is 0.306 e. The first kappa shape index (κ1) is 60.6. The van der Waals surface area contributed by atoms with Gasteiger partial charge in [0.1, 0.15) is 13.2 Å². The highest BCUT2D eigenvalue weighted by molar-refractivity contribution is 5.71. The number of allylic oxidation sites excluding steroid dienone is 22. The lowest BCUT2D eigenvalue weighted by molar-refractivity contribution is -0.167. The summed E-state index contributed by atoms with van der Waals surface area (Å²) in [6.45, 7) is 6.23. The molecule has 0 rings (SSSR count). The monoisotopic (exact) mass is 897 g/mol. The average molecular weight is 897 g/mol. The molecule has 0 N–H and O–H groups in total. The van der Waals surface area contributed by atoms with Gasteiger partial charge in [0.2, 0.25) is 0 Å². The van der Waals surface area contributed by atoms with Crippen molar-refractivity contribution >= 4 is 17.9 Å². The topological polar surface area (TPSA) is 78.9 Å². The van der Waals surface area contributed by atoms with Crippen LogP contribution >= 0.6 is 0 Å². The van der Waals surface area contributed by atoms with Gasteiger partial charge in [-0.3, -0.25) is 14.4 Å². The van der Waals surface area contributed by atoms with Crippen LogP contribution in [0.4, 0.5) is 0 Å². The van der Waals surface area contributed by atoms with Gasteiger partial charge in [-0.25, -0.2) is 0 Å². The molecule has 0 aromatic carbocycles. The van der Waals surface area contributed by atoms with Gasteiger partial charge in [-0.15, -0.1) is 0 Å². The van der Waals surface area contributed by atoms with Gasteiger partial charge in [0.15, 0.2) is 6.10 Å². The lowest BCUT2D eigenvalue weighted by Crippen LogP contribution is -2.30. The average Bonchev–Trinajstić information content (AvgIpc) is 3.30. The first-order chi connectivity index (χ1) is 32.0. The molecule has 0 aromatic heterocycles. The van der Waals surface area contributed by atoms with Crippen molar-refractivity contribution in [2.75, 3.05) is 13.2 Å². The fraction of sp³-hybridized carbons (Fsp3) is 0.576. The standard InChI is InChI=1S/C59H92O6/c1-4-7-10-13-16-19-22-25-27-28-29-30-32-34-37-40-43-46-49-52-58(61)64-55-56(54-63-57(60)51-48-45-42-39-36-33-24-21-18-15-12-9-6-3)65-59(62)53-50-47-44-41-38-35-31-26-23-20-17-14-11-8-5-2/h8-9,11-12,14-15,17-18,20-21,23-24,26,28-29,31,33,35-36,38-39,42,56H,4-7,10,13,16,19,22,25,27,30,32,34,37,40-41,43-55H2,1-3H3/b11-8-,12-9-,17-14-,18-15-,23-20-,24-21-,29-28-,31-26-,36-33-,38-35-,42-39-. The zero-order valence-electron chi connectivity index (χ0n) is 41.4. The van der Waals surface area contributed by atoms with Crippen molar-refractivity contribution in [3.63, 3.8) is 0 Å². The van der Waals surface area contributed by atoms with E-state index in [1.54, 1.807) is 0 Å². The lowest BCUT2D eigenvalue weighted by atomic mass is 10.1. The van der Waals surface area contributed by atoms with E-state index in [4.69, 9.17) is 14.2 Å². The summed E-state index contributed by atoms with van der Waals surface area (Å²) >= 11 is 0. The summed E-state index contributed by atoms with van der Waals surface area (Å²) in [6, 6.07) is 0. The third kappa shape index (κ3) is 50.4. The van der Waals surface area contributed by atoms with E-state index >= 15 is 0 Å². The minimum Gasteiger partial charge on any atom is -0.462 e. The number of carbonyl (C=O) groups is 3. The predicted octanol–water partition coefficient (Wildman–Crippen LogP) is 17.1. The maximum atomic E-state index is 12.8. The summed E-state index contributed by atoms with van der Waals surface area (Å²) in [5, 5.41) is 0. The van der Waals surface area contributed by atoms with Gasteiger partial charge < -0.3 is 14.2 Å². The molecule has 0 aliphatic carbocycles. The zero-order chi connectivity index (χ0) is 47.2. The molecule has 1 atom stereocenters. The van der Waals surface area contributed by atoms with Gasteiger partial charge in [0.05, 0.1) is 0 Å². The van der Waals surface area contributed by atoms with Crippen LogP contribution in [0, 0.1) is 0 Å². The van der Waals surface area contributed by atoms with Crippen LogP contribution in [0.2, 0.25) is 0 Å². The van der Waals surface area contributed by atoms with Crippen molar-refractivity contribution in [1.82, 2.24) is 0 Å². The van der Waals surface area contributed by atoms with Crippen LogP contribution in [-0.4, -0.2) is 37.2 Å². The number of esters is 3. The maximum absolute atomic E-state index is 12.8. The van der Waals surface area contributed by atoms with Crippen LogP contribution in [0.25, 0.3) is 0 Å². The quantitative estimate of drug-likeness (QED) is 0.0199.